The lowest BCUT2D eigenvalue weighted by Crippen LogP contribution is -2.55. The van der Waals surface area contributed by atoms with Crippen LogP contribution in [0.25, 0.3) is 10.9 Å². The van der Waals surface area contributed by atoms with E-state index < -0.39 is 0 Å². The summed E-state index contributed by atoms with van der Waals surface area (Å²) in [5.41, 5.74) is 3.22. The van der Waals surface area contributed by atoms with Crippen LogP contribution in [0, 0.1) is 12.3 Å². The van der Waals surface area contributed by atoms with Crippen LogP contribution in [-0.2, 0) is 0 Å². The Morgan fingerprint density at radius 2 is 2.00 bits per heavy atom. The number of aromatic amines is 1. The number of aryl methyl sites for hydroxylation is 1. The van der Waals surface area contributed by atoms with Crippen LogP contribution < -0.4 is 0 Å². The van der Waals surface area contributed by atoms with E-state index in [1.165, 1.54) is 5.56 Å². The molecule has 1 fully saturated rings. The number of H-pyrrole nitrogens is 1. The number of rotatable bonds is 1. The van der Waals surface area contributed by atoms with Crippen molar-refractivity contribution in [2.75, 3.05) is 13.1 Å². The first-order chi connectivity index (χ1) is 8.44. The van der Waals surface area contributed by atoms with Crippen LogP contribution in [0.4, 0.5) is 0 Å². The van der Waals surface area contributed by atoms with E-state index >= 15 is 0 Å². The third-order valence-electron chi connectivity index (χ3n) is 3.53. The van der Waals surface area contributed by atoms with Gasteiger partial charge < -0.3 is 9.88 Å². The normalized spacial score (nSPS) is 17.8. The number of nitrogens with one attached hydrogen (secondary N) is 1. The van der Waals surface area contributed by atoms with Gasteiger partial charge in [0.05, 0.1) is 0 Å². The van der Waals surface area contributed by atoms with E-state index in [2.05, 4.69) is 44.0 Å². The van der Waals surface area contributed by atoms with Crippen molar-refractivity contribution in [3.05, 3.63) is 35.5 Å². The smallest absolute Gasteiger partial charge is 0.270 e. The molecule has 3 rings (SSSR count). The van der Waals surface area contributed by atoms with E-state index in [-0.39, 0.29) is 11.3 Å². The third-order valence-corrected chi connectivity index (χ3v) is 3.53. The van der Waals surface area contributed by atoms with E-state index in [1.807, 2.05) is 11.0 Å². The van der Waals surface area contributed by atoms with Gasteiger partial charge >= 0.3 is 0 Å². The summed E-state index contributed by atoms with van der Waals surface area (Å²) in [5.74, 6) is 0.114. The standard InChI is InChI=1S/C15H18N2O/c1-10-4-5-11-7-13(16-12(11)6-10)14(18)17-8-15(2,3)9-17/h4-7,16H,8-9H2,1-3H3. The molecule has 0 unspecified atom stereocenters. The summed E-state index contributed by atoms with van der Waals surface area (Å²) in [6, 6.07) is 8.14. The molecule has 3 nitrogen and oxygen atoms in total. The Morgan fingerprint density at radius 1 is 1.28 bits per heavy atom. The summed E-state index contributed by atoms with van der Waals surface area (Å²) in [6.07, 6.45) is 0. The van der Waals surface area contributed by atoms with Gasteiger partial charge in [0.2, 0.25) is 0 Å². The molecule has 0 atom stereocenters. The van der Waals surface area contributed by atoms with E-state index in [0.717, 1.165) is 24.0 Å². The average Bonchev–Trinajstić information content (AvgIpc) is 2.67. The molecule has 0 radical (unpaired) electrons. The van der Waals surface area contributed by atoms with Gasteiger partial charge in [-0.15, -0.1) is 0 Å². The quantitative estimate of drug-likeness (QED) is 0.820. The maximum absolute atomic E-state index is 12.3. The van der Waals surface area contributed by atoms with Crippen LogP contribution in [0.2, 0.25) is 0 Å². The molecule has 1 aromatic heterocycles. The average molecular weight is 242 g/mol. The summed E-state index contributed by atoms with van der Waals surface area (Å²) >= 11 is 0. The van der Waals surface area contributed by atoms with Gasteiger partial charge in [0, 0.05) is 24.0 Å². The van der Waals surface area contributed by atoms with E-state index in [1.54, 1.807) is 0 Å². The summed E-state index contributed by atoms with van der Waals surface area (Å²) < 4.78 is 0. The fourth-order valence-electron chi connectivity index (χ4n) is 2.66. The zero-order valence-electron chi connectivity index (χ0n) is 11.1. The molecule has 2 heterocycles. The summed E-state index contributed by atoms with van der Waals surface area (Å²) in [4.78, 5) is 17.4. The Kier molecular flexibility index (Phi) is 2.27. The number of hydrogen-bond acceptors (Lipinski definition) is 1. The number of fused-ring (bicyclic) bond motifs is 1. The Labute approximate surface area is 107 Å². The molecule has 1 aromatic carbocycles. The number of benzene rings is 1. The number of carbonyl (C=O) groups is 1. The highest BCUT2D eigenvalue weighted by atomic mass is 16.2. The lowest BCUT2D eigenvalue weighted by Gasteiger charge is -2.45. The number of carbonyl (C=O) groups excluding carboxylic acids is 1. The molecule has 0 aliphatic carbocycles. The van der Waals surface area contributed by atoms with Crippen LogP contribution in [0.1, 0.15) is 29.9 Å². The topological polar surface area (TPSA) is 36.1 Å². The lowest BCUT2D eigenvalue weighted by molar-refractivity contribution is 0.0232. The molecule has 94 valence electrons. The number of likely N-dealkylation sites (tertiary alicyclic amines) is 1. The zero-order valence-corrected chi connectivity index (χ0v) is 11.1. The van der Waals surface area contributed by atoms with Crippen molar-refractivity contribution >= 4 is 16.8 Å². The zero-order chi connectivity index (χ0) is 12.9. The molecule has 1 aliphatic rings. The fourth-order valence-corrected chi connectivity index (χ4v) is 2.66. The Bertz CT molecular complexity index is 616. The molecular weight excluding hydrogens is 224 g/mol. The van der Waals surface area contributed by atoms with Gasteiger partial charge in [0.1, 0.15) is 5.69 Å². The monoisotopic (exact) mass is 242 g/mol. The first-order valence-electron chi connectivity index (χ1n) is 6.33. The minimum atomic E-state index is 0.114. The SMILES string of the molecule is Cc1ccc2cc(C(=O)N3CC(C)(C)C3)[nH]c2c1. The maximum atomic E-state index is 12.3. The molecule has 0 saturated carbocycles. The Hall–Kier alpha value is -1.77. The molecule has 2 aromatic rings. The predicted octanol–water partition coefficient (Wildman–Crippen LogP) is 2.96. The highest BCUT2D eigenvalue weighted by molar-refractivity contribution is 5.98. The molecule has 3 heteroatoms. The molecule has 1 N–H and O–H groups in total. The van der Waals surface area contributed by atoms with E-state index in [4.69, 9.17) is 0 Å². The second kappa shape index (κ2) is 3.61. The van der Waals surface area contributed by atoms with Gasteiger partial charge in [-0.25, -0.2) is 0 Å². The van der Waals surface area contributed by atoms with Crippen molar-refractivity contribution in [2.45, 2.75) is 20.8 Å². The van der Waals surface area contributed by atoms with Crippen molar-refractivity contribution in [1.82, 2.24) is 9.88 Å². The predicted molar refractivity (Wildman–Crippen MR) is 72.7 cm³/mol. The molecule has 0 spiro atoms. The molecule has 1 amide bonds. The van der Waals surface area contributed by atoms with Gasteiger partial charge in [-0.05, 0) is 30.0 Å². The van der Waals surface area contributed by atoms with E-state index in [0.29, 0.717) is 5.69 Å². The number of hydrogen-bond donors (Lipinski definition) is 1. The third kappa shape index (κ3) is 1.80. The highest BCUT2D eigenvalue weighted by Gasteiger charge is 2.37. The van der Waals surface area contributed by atoms with E-state index in [9.17, 15) is 4.79 Å². The summed E-state index contributed by atoms with van der Waals surface area (Å²) in [6.45, 7) is 8.12. The van der Waals surface area contributed by atoms with Gasteiger partial charge in [-0.3, -0.25) is 4.79 Å². The minimum Gasteiger partial charge on any atom is -0.351 e. The van der Waals surface area contributed by atoms with Crippen molar-refractivity contribution < 1.29 is 4.79 Å². The van der Waals surface area contributed by atoms with Gasteiger partial charge in [-0.1, -0.05) is 26.0 Å². The maximum Gasteiger partial charge on any atom is 0.270 e. The Balaban J connectivity index is 1.88. The van der Waals surface area contributed by atoms with Crippen molar-refractivity contribution in [3.8, 4) is 0 Å². The van der Waals surface area contributed by atoms with Crippen LogP contribution in [0.5, 0.6) is 0 Å². The number of aromatic nitrogens is 1. The molecule has 18 heavy (non-hydrogen) atoms. The lowest BCUT2D eigenvalue weighted by atomic mass is 9.84. The van der Waals surface area contributed by atoms with Gasteiger partial charge in [0.25, 0.3) is 5.91 Å². The van der Waals surface area contributed by atoms with Crippen LogP contribution in [0.15, 0.2) is 24.3 Å². The van der Waals surface area contributed by atoms with Crippen LogP contribution in [-0.4, -0.2) is 28.9 Å². The number of nitrogens with zero attached hydrogens (tertiary/aromatic N) is 1. The van der Waals surface area contributed by atoms with Crippen molar-refractivity contribution in [3.63, 3.8) is 0 Å². The second-order valence-corrected chi connectivity index (χ2v) is 6.10. The highest BCUT2D eigenvalue weighted by Crippen LogP contribution is 2.30. The largest absolute Gasteiger partial charge is 0.351 e. The molecule has 0 bridgehead atoms. The van der Waals surface area contributed by atoms with Crippen molar-refractivity contribution in [1.29, 1.82) is 0 Å². The summed E-state index contributed by atoms with van der Waals surface area (Å²) in [5, 5.41) is 1.10. The van der Waals surface area contributed by atoms with Crippen LogP contribution >= 0.6 is 0 Å². The minimum absolute atomic E-state index is 0.114. The van der Waals surface area contributed by atoms with Gasteiger partial charge in [0.15, 0.2) is 0 Å². The first-order valence-corrected chi connectivity index (χ1v) is 6.33. The molecule has 1 saturated heterocycles. The van der Waals surface area contributed by atoms with Gasteiger partial charge in [-0.2, -0.15) is 0 Å². The first kappa shape index (κ1) is 11.3. The molecule has 1 aliphatic heterocycles. The Morgan fingerprint density at radius 3 is 2.67 bits per heavy atom. The number of amides is 1. The van der Waals surface area contributed by atoms with Crippen LogP contribution in [0.3, 0.4) is 0 Å². The second-order valence-electron chi connectivity index (χ2n) is 6.10. The molecular formula is C15H18N2O. The van der Waals surface area contributed by atoms with Crippen molar-refractivity contribution in [2.24, 2.45) is 5.41 Å². The summed E-state index contributed by atoms with van der Waals surface area (Å²) in [7, 11) is 0. The fraction of sp³-hybridized carbons (Fsp3) is 0.400.